The van der Waals surface area contributed by atoms with E-state index < -0.39 is 0 Å². The molecule has 0 bridgehead atoms. The topological polar surface area (TPSA) is 48.1 Å². The molecule has 5 nitrogen and oxygen atoms in total. The number of nitrogens with two attached hydrogens (primary N) is 1. The normalized spacial score (nSPS) is 18.2. The lowest BCUT2D eigenvalue weighted by Gasteiger charge is -2.36. The fraction of sp³-hybridized carbons (Fsp3) is 0.435. The predicted octanol–water partition coefficient (Wildman–Crippen LogP) is 3.49. The van der Waals surface area contributed by atoms with Crippen LogP contribution < -0.4 is 10.6 Å². The fourth-order valence-corrected chi connectivity index (χ4v) is 4.87. The first kappa shape index (κ1) is 23.2. The van der Waals surface area contributed by atoms with Crippen molar-refractivity contribution in [3.05, 3.63) is 65.7 Å². The molecule has 2 aliphatic heterocycles. The zero-order valence-electron chi connectivity index (χ0n) is 17.4. The van der Waals surface area contributed by atoms with Crippen molar-refractivity contribution < 1.29 is 0 Å². The first-order chi connectivity index (χ1) is 14.3. The van der Waals surface area contributed by atoms with Crippen LogP contribution in [0.25, 0.3) is 0 Å². The van der Waals surface area contributed by atoms with Crippen molar-refractivity contribution in [3.8, 4) is 0 Å². The number of halogens is 1. The van der Waals surface area contributed by atoms with Crippen LogP contribution in [0.3, 0.4) is 0 Å². The first-order valence-corrected chi connectivity index (χ1v) is 11.7. The molecule has 0 radical (unpaired) electrons. The van der Waals surface area contributed by atoms with Gasteiger partial charge in [0.15, 0.2) is 5.96 Å². The monoisotopic (exact) mass is 537 g/mol. The van der Waals surface area contributed by atoms with E-state index in [2.05, 4.69) is 69.3 Å². The third kappa shape index (κ3) is 6.28. The van der Waals surface area contributed by atoms with Gasteiger partial charge in [-0.25, -0.2) is 4.99 Å². The largest absolute Gasteiger partial charge is 0.370 e. The second-order valence-corrected chi connectivity index (χ2v) is 8.87. The van der Waals surface area contributed by atoms with Gasteiger partial charge in [0.2, 0.25) is 0 Å². The number of para-hydroxylation sites is 1. The standard InChI is InChI=1S/C23H31N5S.HI/c24-23(28-14-16-29-17-15-28)25-18-20-6-4-5-7-21(20)19-26-10-12-27(13-11-26)22-8-2-1-3-9-22;/h1-9H,10-19H2,(H2,24,25);1H. The van der Waals surface area contributed by atoms with Crippen molar-refractivity contribution in [2.45, 2.75) is 13.1 Å². The van der Waals surface area contributed by atoms with Gasteiger partial charge >= 0.3 is 0 Å². The fourth-order valence-electron chi connectivity index (χ4n) is 3.97. The Kier molecular flexibility index (Phi) is 9.14. The minimum absolute atomic E-state index is 0. The summed E-state index contributed by atoms with van der Waals surface area (Å²) in [5, 5.41) is 0. The molecule has 2 heterocycles. The van der Waals surface area contributed by atoms with E-state index in [1.54, 1.807) is 0 Å². The number of piperazine rings is 1. The van der Waals surface area contributed by atoms with Crippen molar-refractivity contribution in [1.29, 1.82) is 0 Å². The van der Waals surface area contributed by atoms with Gasteiger partial charge in [-0.05, 0) is 23.3 Å². The van der Waals surface area contributed by atoms with Crippen molar-refractivity contribution in [1.82, 2.24) is 9.80 Å². The maximum absolute atomic E-state index is 6.25. The number of aliphatic imine (C=N–C) groups is 1. The van der Waals surface area contributed by atoms with E-state index in [-0.39, 0.29) is 24.0 Å². The van der Waals surface area contributed by atoms with Crippen molar-refractivity contribution in [2.24, 2.45) is 10.7 Å². The molecule has 0 saturated carbocycles. The molecular formula is C23H32IN5S. The summed E-state index contributed by atoms with van der Waals surface area (Å²) in [6, 6.07) is 19.4. The second kappa shape index (κ2) is 11.8. The van der Waals surface area contributed by atoms with Gasteiger partial charge in [0.05, 0.1) is 6.54 Å². The van der Waals surface area contributed by atoms with Crippen molar-refractivity contribution in [2.75, 3.05) is 55.7 Å². The lowest BCUT2D eigenvalue weighted by molar-refractivity contribution is 0.249. The third-order valence-electron chi connectivity index (χ3n) is 5.75. The van der Waals surface area contributed by atoms with E-state index in [1.807, 2.05) is 11.8 Å². The highest BCUT2D eigenvalue weighted by atomic mass is 127. The van der Waals surface area contributed by atoms with Gasteiger partial charge in [-0.1, -0.05) is 42.5 Å². The molecule has 7 heteroatoms. The van der Waals surface area contributed by atoms with E-state index in [9.17, 15) is 0 Å². The molecule has 30 heavy (non-hydrogen) atoms. The summed E-state index contributed by atoms with van der Waals surface area (Å²) in [7, 11) is 0. The average molecular weight is 538 g/mol. The Bertz CT molecular complexity index is 802. The molecule has 0 amide bonds. The van der Waals surface area contributed by atoms with E-state index in [4.69, 9.17) is 10.7 Å². The van der Waals surface area contributed by atoms with Gasteiger partial charge in [0.25, 0.3) is 0 Å². The number of hydrogen-bond donors (Lipinski definition) is 1. The molecule has 2 aromatic carbocycles. The van der Waals surface area contributed by atoms with Gasteiger partial charge in [-0.3, -0.25) is 4.90 Å². The van der Waals surface area contributed by atoms with Crippen LogP contribution in [0.5, 0.6) is 0 Å². The molecule has 0 aliphatic carbocycles. The molecule has 0 aromatic heterocycles. The van der Waals surface area contributed by atoms with Gasteiger partial charge in [0.1, 0.15) is 0 Å². The van der Waals surface area contributed by atoms with Crippen molar-refractivity contribution in [3.63, 3.8) is 0 Å². The maximum Gasteiger partial charge on any atom is 0.191 e. The van der Waals surface area contributed by atoms with Crippen LogP contribution in [0.2, 0.25) is 0 Å². The van der Waals surface area contributed by atoms with E-state index >= 15 is 0 Å². The predicted molar refractivity (Wildman–Crippen MR) is 140 cm³/mol. The number of thioether (sulfide) groups is 1. The quantitative estimate of drug-likeness (QED) is 0.360. The average Bonchev–Trinajstić information content (AvgIpc) is 2.80. The highest BCUT2D eigenvalue weighted by Gasteiger charge is 2.18. The number of hydrogen-bond acceptors (Lipinski definition) is 4. The Morgan fingerprint density at radius 1 is 0.833 bits per heavy atom. The molecule has 4 rings (SSSR count). The molecule has 0 spiro atoms. The van der Waals surface area contributed by atoms with Crippen LogP contribution in [0.15, 0.2) is 59.6 Å². The smallest absolute Gasteiger partial charge is 0.191 e. The van der Waals surface area contributed by atoms with Gasteiger partial charge < -0.3 is 15.5 Å². The van der Waals surface area contributed by atoms with Gasteiger partial charge in [-0.15, -0.1) is 24.0 Å². The Morgan fingerprint density at radius 2 is 1.47 bits per heavy atom. The van der Waals surface area contributed by atoms with E-state index in [0.717, 1.165) is 57.3 Å². The summed E-state index contributed by atoms with van der Waals surface area (Å²) >= 11 is 1.99. The molecule has 162 valence electrons. The Labute approximate surface area is 201 Å². The summed E-state index contributed by atoms with van der Waals surface area (Å²) < 4.78 is 0. The molecule has 2 fully saturated rings. The summed E-state index contributed by atoms with van der Waals surface area (Å²) in [4.78, 5) is 11.9. The molecule has 0 atom stereocenters. The second-order valence-electron chi connectivity index (χ2n) is 7.64. The maximum atomic E-state index is 6.25. The summed E-state index contributed by atoms with van der Waals surface area (Å²) in [6.45, 7) is 7.97. The third-order valence-corrected chi connectivity index (χ3v) is 6.69. The lowest BCUT2D eigenvalue weighted by atomic mass is 10.1. The summed E-state index contributed by atoms with van der Waals surface area (Å²) in [5.74, 6) is 2.97. The number of nitrogens with zero attached hydrogens (tertiary/aromatic N) is 4. The molecule has 2 saturated heterocycles. The van der Waals surface area contributed by atoms with Crippen LogP contribution in [0.4, 0.5) is 5.69 Å². The van der Waals surface area contributed by atoms with Gasteiger partial charge in [-0.2, -0.15) is 11.8 Å². The highest BCUT2D eigenvalue weighted by Crippen LogP contribution is 2.19. The number of rotatable bonds is 5. The molecule has 2 N–H and O–H groups in total. The number of guanidine groups is 1. The minimum atomic E-state index is 0. The van der Waals surface area contributed by atoms with Crippen LogP contribution in [-0.2, 0) is 13.1 Å². The zero-order chi connectivity index (χ0) is 19.9. The van der Waals surface area contributed by atoms with Crippen LogP contribution >= 0.6 is 35.7 Å². The minimum Gasteiger partial charge on any atom is -0.370 e. The van der Waals surface area contributed by atoms with Crippen molar-refractivity contribution >= 4 is 47.4 Å². The lowest BCUT2D eigenvalue weighted by Crippen LogP contribution is -2.46. The van der Waals surface area contributed by atoms with E-state index in [1.165, 1.54) is 16.8 Å². The van der Waals surface area contributed by atoms with Crippen LogP contribution in [0.1, 0.15) is 11.1 Å². The first-order valence-electron chi connectivity index (χ1n) is 10.5. The van der Waals surface area contributed by atoms with E-state index in [0.29, 0.717) is 12.5 Å². The molecule has 2 aliphatic rings. The Morgan fingerprint density at radius 3 is 2.17 bits per heavy atom. The molecule has 2 aromatic rings. The number of anilines is 1. The number of benzene rings is 2. The Balaban J connectivity index is 0.00000256. The van der Waals surface area contributed by atoms with Crippen LogP contribution in [-0.4, -0.2) is 66.5 Å². The zero-order valence-corrected chi connectivity index (χ0v) is 20.6. The highest BCUT2D eigenvalue weighted by molar-refractivity contribution is 14.0. The Hall–Kier alpha value is -1.45. The summed E-state index contributed by atoms with van der Waals surface area (Å²) in [6.07, 6.45) is 0. The molecule has 0 unspecified atom stereocenters. The SMILES string of the molecule is I.NC(=NCc1ccccc1CN1CCN(c2ccccc2)CC1)N1CCSCC1. The summed E-state index contributed by atoms with van der Waals surface area (Å²) in [5.41, 5.74) is 10.2. The van der Waals surface area contributed by atoms with Gasteiger partial charge in [0, 0.05) is 63.0 Å². The molecular weight excluding hydrogens is 505 g/mol. The van der Waals surface area contributed by atoms with Crippen LogP contribution in [0, 0.1) is 0 Å².